The van der Waals surface area contributed by atoms with Crippen molar-refractivity contribution < 1.29 is 0 Å². The second-order valence-electron chi connectivity index (χ2n) is 3.01. The number of halogens is 1. The van der Waals surface area contributed by atoms with E-state index >= 15 is 0 Å². The number of hydrogen-bond acceptors (Lipinski definition) is 2. The number of nitrogens with zero attached hydrogens (tertiary/aromatic N) is 1. The molecule has 0 aromatic carbocycles. The summed E-state index contributed by atoms with van der Waals surface area (Å²) in [5.41, 5.74) is 0. The molecule has 0 saturated carbocycles. The summed E-state index contributed by atoms with van der Waals surface area (Å²) in [6.07, 6.45) is 4.91. The van der Waals surface area contributed by atoms with Crippen LogP contribution in [0.25, 0.3) is 0 Å². The molecular formula is C9H15BrN2. The zero-order valence-corrected chi connectivity index (χ0v) is 8.86. The second kappa shape index (κ2) is 5.36. The lowest BCUT2D eigenvalue weighted by atomic mass is 10.2. The Hall–Kier alpha value is -0.310. The number of hydrogen-bond donors (Lipinski definition) is 1. The van der Waals surface area contributed by atoms with Gasteiger partial charge < -0.3 is 5.32 Å². The van der Waals surface area contributed by atoms with Crippen LogP contribution in [-0.2, 0) is 0 Å². The maximum absolute atomic E-state index is 4.44. The fourth-order valence-corrected chi connectivity index (χ4v) is 1.36. The van der Waals surface area contributed by atoms with Crippen LogP contribution < -0.4 is 5.32 Å². The van der Waals surface area contributed by atoms with Crippen molar-refractivity contribution in [1.29, 1.82) is 0 Å². The fourth-order valence-electron chi connectivity index (χ4n) is 1.22. The summed E-state index contributed by atoms with van der Waals surface area (Å²) in [4.78, 5) is 4.44. The van der Waals surface area contributed by atoms with Gasteiger partial charge in [-0.25, -0.2) is 0 Å². The Kier molecular flexibility index (Phi) is 4.36. The van der Waals surface area contributed by atoms with E-state index in [2.05, 4.69) is 32.8 Å². The molecule has 0 saturated heterocycles. The molecule has 2 nitrogen and oxygen atoms in total. The molecule has 0 aromatic heterocycles. The Morgan fingerprint density at radius 3 is 3.08 bits per heavy atom. The van der Waals surface area contributed by atoms with Crippen molar-refractivity contribution >= 4 is 21.8 Å². The van der Waals surface area contributed by atoms with E-state index in [1.165, 1.54) is 19.3 Å². The molecule has 0 atom stereocenters. The van der Waals surface area contributed by atoms with Gasteiger partial charge in [-0.2, -0.15) is 0 Å². The van der Waals surface area contributed by atoms with Crippen LogP contribution in [0.2, 0.25) is 0 Å². The van der Waals surface area contributed by atoms with Crippen LogP contribution in [0.4, 0.5) is 0 Å². The van der Waals surface area contributed by atoms with Gasteiger partial charge in [0.25, 0.3) is 0 Å². The zero-order valence-electron chi connectivity index (χ0n) is 7.27. The third kappa shape index (κ3) is 3.90. The first-order valence-electron chi connectivity index (χ1n) is 4.39. The molecule has 1 aliphatic heterocycles. The van der Waals surface area contributed by atoms with Gasteiger partial charge in [-0.15, -0.1) is 0 Å². The fraction of sp³-hybridized carbons (Fsp3) is 0.667. The topological polar surface area (TPSA) is 24.4 Å². The van der Waals surface area contributed by atoms with Gasteiger partial charge in [0.15, 0.2) is 0 Å². The molecule has 0 radical (unpaired) electrons. The predicted octanol–water partition coefficient (Wildman–Crippen LogP) is 2.46. The van der Waals surface area contributed by atoms with E-state index in [-0.39, 0.29) is 0 Å². The second-order valence-corrected chi connectivity index (χ2v) is 4.13. The SMILES string of the molecule is C=C(Br)CNC1=NCCCCC1. The molecule has 0 bridgehead atoms. The zero-order chi connectivity index (χ0) is 8.81. The molecule has 0 aromatic rings. The minimum absolute atomic E-state index is 0.791. The van der Waals surface area contributed by atoms with Crippen molar-refractivity contribution in [2.75, 3.05) is 13.1 Å². The van der Waals surface area contributed by atoms with E-state index < -0.39 is 0 Å². The molecular weight excluding hydrogens is 216 g/mol. The first-order chi connectivity index (χ1) is 5.79. The maximum Gasteiger partial charge on any atom is 0.0965 e. The quantitative estimate of drug-likeness (QED) is 0.775. The van der Waals surface area contributed by atoms with E-state index in [1.807, 2.05) is 0 Å². The number of nitrogens with one attached hydrogen (secondary N) is 1. The smallest absolute Gasteiger partial charge is 0.0965 e. The molecule has 1 rings (SSSR count). The molecule has 1 N–H and O–H groups in total. The largest absolute Gasteiger partial charge is 0.369 e. The molecule has 0 amide bonds. The Bertz CT molecular complexity index is 187. The Balaban J connectivity index is 2.28. The molecule has 1 aliphatic rings. The third-order valence-corrected chi connectivity index (χ3v) is 2.14. The summed E-state index contributed by atoms with van der Waals surface area (Å²) in [6.45, 7) is 5.54. The van der Waals surface area contributed by atoms with Crippen molar-refractivity contribution in [1.82, 2.24) is 5.32 Å². The van der Waals surface area contributed by atoms with Crippen LogP contribution in [0.1, 0.15) is 25.7 Å². The Labute approximate surface area is 82.3 Å². The predicted molar refractivity (Wildman–Crippen MR) is 56.8 cm³/mol. The van der Waals surface area contributed by atoms with Gasteiger partial charge in [-0.1, -0.05) is 28.9 Å². The number of amidine groups is 1. The Morgan fingerprint density at radius 1 is 1.50 bits per heavy atom. The van der Waals surface area contributed by atoms with Crippen molar-refractivity contribution in [2.24, 2.45) is 4.99 Å². The summed E-state index contributed by atoms with van der Waals surface area (Å²) in [7, 11) is 0. The average molecular weight is 231 g/mol. The molecule has 3 heteroatoms. The monoisotopic (exact) mass is 230 g/mol. The highest BCUT2D eigenvalue weighted by molar-refractivity contribution is 9.11. The summed E-state index contributed by atoms with van der Waals surface area (Å²) < 4.78 is 0.981. The molecule has 0 spiro atoms. The lowest BCUT2D eigenvalue weighted by Gasteiger charge is -2.06. The molecule has 0 fully saturated rings. The number of aliphatic imine (C=N–C) groups is 1. The van der Waals surface area contributed by atoms with Crippen LogP contribution >= 0.6 is 15.9 Å². The van der Waals surface area contributed by atoms with Crippen LogP contribution in [0, 0.1) is 0 Å². The van der Waals surface area contributed by atoms with Crippen molar-refractivity contribution in [3.63, 3.8) is 0 Å². The lowest BCUT2D eigenvalue weighted by molar-refractivity contribution is 0.729. The molecule has 12 heavy (non-hydrogen) atoms. The van der Waals surface area contributed by atoms with Gasteiger partial charge in [-0.05, 0) is 12.8 Å². The highest BCUT2D eigenvalue weighted by Gasteiger charge is 2.02. The van der Waals surface area contributed by atoms with Crippen LogP contribution in [0.15, 0.2) is 16.1 Å². The van der Waals surface area contributed by atoms with Crippen LogP contribution in [0.5, 0.6) is 0 Å². The Morgan fingerprint density at radius 2 is 2.33 bits per heavy atom. The van der Waals surface area contributed by atoms with E-state index in [4.69, 9.17) is 0 Å². The van der Waals surface area contributed by atoms with E-state index in [0.29, 0.717) is 0 Å². The van der Waals surface area contributed by atoms with Gasteiger partial charge in [-0.3, -0.25) is 4.99 Å². The first-order valence-corrected chi connectivity index (χ1v) is 5.19. The summed E-state index contributed by atoms with van der Waals surface area (Å²) >= 11 is 3.31. The minimum Gasteiger partial charge on any atom is -0.369 e. The molecule has 1 heterocycles. The molecule has 68 valence electrons. The lowest BCUT2D eigenvalue weighted by Crippen LogP contribution is -2.24. The van der Waals surface area contributed by atoms with E-state index in [0.717, 1.165) is 29.8 Å². The van der Waals surface area contributed by atoms with Crippen molar-refractivity contribution in [3.8, 4) is 0 Å². The van der Waals surface area contributed by atoms with Crippen molar-refractivity contribution in [2.45, 2.75) is 25.7 Å². The average Bonchev–Trinajstić information content (AvgIpc) is 2.28. The third-order valence-electron chi connectivity index (χ3n) is 1.86. The first kappa shape index (κ1) is 9.78. The molecule has 0 aliphatic carbocycles. The standard InChI is InChI=1S/C9H15BrN2/c1-8(10)7-12-9-5-3-2-4-6-11-9/h1-7H2,(H,11,12). The summed E-state index contributed by atoms with van der Waals surface area (Å²) in [5.74, 6) is 1.15. The van der Waals surface area contributed by atoms with E-state index in [1.54, 1.807) is 0 Å². The highest BCUT2D eigenvalue weighted by atomic mass is 79.9. The van der Waals surface area contributed by atoms with Gasteiger partial charge in [0.1, 0.15) is 0 Å². The summed E-state index contributed by atoms with van der Waals surface area (Å²) in [5, 5.41) is 3.26. The normalized spacial score (nSPS) is 17.9. The van der Waals surface area contributed by atoms with Gasteiger partial charge in [0, 0.05) is 24.0 Å². The van der Waals surface area contributed by atoms with Gasteiger partial charge >= 0.3 is 0 Å². The van der Waals surface area contributed by atoms with Crippen LogP contribution in [-0.4, -0.2) is 18.9 Å². The maximum atomic E-state index is 4.44. The van der Waals surface area contributed by atoms with Crippen molar-refractivity contribution in [3.05, 3.63) is 11.1 Å². The highest BCUT2D eigenvalue weighted by Crippen LogP contribution is 2.06. The minimum atomic E-state index is 0.791. The van der Waals surface area contributed by atoms with Gasteiger partial charge in [0.2, 0.25) is 0 Å². The van der Waals surface area contributed by atoms with Gasteiger partial charge in [0.05, 0.1) is 5.84 Å². The summed E-state index contributed by atoms with van der Waals surface area (Å²) in [6, 6.07) is 0. The van der Waals surface area contributed by atoms with E-state index in [9.17, 15) is 0 Å². The van der Waals surface area contributed by atoms with Crippen LogP contribution in [0.3, 0.4) is 0 Å². The number of rotatable bonds is 2. The molecule has 0 unspecified atom stereocenters.